The summed E-state index contributed by atoms with van der Waals surface area (Å²) < 4.78 is 10.6. The molecule has 0 aliphatic carbocycles. The quantitative estimate of drug-likeness (QED) is 0.487. The molecule has 1 radical (unpaired) electrons. The Bertz CT molecular complexity index is 793. The first kappa shape index (κ1) is 19.7. The number of esters is 1. The second-order valence-electron chi connectivity index (χ2n) is 6.47. The van der Waals surface area contributed by atoms with Crippen molar-refractivity contribution in [2.75, 3.05) is 0 Å². The first-order chi connectivity index (χ1) is 12.2. The third-order valence-electron chi connectivity index (χ3n) is 3.10. The highest BCUT2D eigenvalue weighted by molar-refractivity contribution is 7.10. The average Bonchev–Trinajstić information content (AvgIpc) is 3.05. The molecule has 0 fully saturated rings. The number of alkyl carbamates (subject to hydrolysis) is 1. The first-order valence-electron chi connectivity index (χ1n) is 7.86. The molecule has 2 aromatic rings. The van der Waals surface area contributed by atoms with Gasteiger partial charge in [-0.2, -0.15) is 0 Å². The van der Waals surface area contributed by atoms with Gasteiger partial charge in [0.25, 0.3) is 0 Å². The van der Waals surface area contributed by atoms with Gasteiger partial charge < -0.3 is 14.8 Å². The fourth-order valence-corrected chi connectivity index (χ4v) is 2.80. The van der Waals surface area contributed by atoms with E-state index in [1.807, 2.05) is 0 Å². The Kier molecular flexibility index (Phi) is 6.15. The molecule has 1 aromatic heterocycles. The van der Waals surface area contributed by atoms with Gasteiger partial charge in [-0.15, -0.1) is 11.3 Å². The lowest BCUT2D eigenvalue weighted by atomic mass is 10.1. The van der Waals surface area contributed by atoms with Crippen molar-refractivity contribution < 1.29 is 23.9 Å². The summed E-state index contributed by atoms with van der Waals surface area (Å²) in [7, 11) is 0. The second kappa shape index (κ2) is 8.14. The zero-order chi connectivity index (χ0) is 19.3. The molecule has 0 spiro atoms. The number of hydrogen-bond donors (Lipinski definition) is 1. The summed E-state index contributed by atoms with van der Waals surface area (Å²) >= 11 is 1.30. The Labute approximate surface area is 156 Å². The van der Waals surface area contributed by atoms with Crippen molar-refractivity contribution in [1.29, 1.82) is 0 Å². The summed E-state index contributed by atoms with van der Waals surface area (Å²) in [5, 5.41) is 4.31. The Balaban J connectivity index is 2.17. The maximum atomic E-state index is 12.6. The number of thiophene rings is 1. The maximum absolute atomic E-state index is 12.6. The Hall–Kier alpha value is -2.67. The van der Waals surface area contributed by atoms with Gasteiger partial charge in [0.15, 0.2) is 11.8 Å². The van der Waals surface area contributed by atoms with Crippen LogP contribution in [0.5, 0.6) is 5.75 Å². The minimum absolute atomic E-state index is 0.192. The van der Waals surface area contributed by atoms with E-state index in [0.717, 1.165) is 0 Å². The first-order valence-corrected chi connectivity index (χ1v) is 8.74. The molecule has 0 saturated carbocycles. The number of ketones is 1. The fraction of sp³-hybridized carbons (Fsp3) is 0.263. The molecule has 1 heterocycles. The van der Waals surface area contributed by atoms with Gasteiger partial charge in [0.1, 0.15) is 11.4 Å². The molecule has 1 amide bonds. The zero-order valence-corrected chi connectivity index (χ0v) is 15.6. The van der Waals surface area contributed by atoms with Gasteiger partial charge in [-0.05, 0) is 44.4 Å². The third kappa shape index (κ3) is 5.70. The Morgan fingerprint density at radius 1 is 1.15 bits per heavy atom. The van der Waals surface area contributed by atoms with E-state index in [9.17, 15) is 14.4 Å². The molecule has 26 heavy (non-hydrogen) atoms. The van der Waals surface area contributed by atoms with Gasteiger partial charge in [0.2, 0.25) is 0 Å². The number of nitrogens with one attached hydrogen (secondary N) is 1. The molecule has 1 atom stereocenters. The summed E-state index contributed by atoms with van der Waals surface area (Å²) in [5.74, 6) is -0.881. The highest BCUT2D eigenvalue weighted by Gasteiger charge is 2.28. The van der Waals surface area contributed by atoms with E-state index in [1.54, 1.807) is 56.5 Å². The monoisotopic (exact) mass is 374 g/mol. The summed E-state index contributed by atoms with van der Waals surface area (Å²) in [6.07, 6.45) is -0.727. The lowest BCUT2D eigenvalue weighted by Gasteiger charge is -2.22. The van der Waals surface area contributed by atoms with Crippen LogP contribution in [0.2, 0.25) is 0 Å². The van der Waals surface area contributed by atoms with Gasteiger partial charge in [-0.3, -0.25) is 4.79 Å². The predicted octanol–water partition coefficient (Wildman–Crippen LogP) is 3.94. The summed E-state index contributed by atoms with van der Waals surface area (Å²) in [4.78, 5) is 36.6. The van der Waals surface area contributed by atoms with Crippen molar-refractivity contribution in [3.63, 3.8) is 0 Å². The molecule has 7 heteroatoms. The van der Waals surface area contributed by atoms with Crippen LogP contribution in [0, 0.1) is 6.92 Å². The van der Waals surface area contributed by atoms with Crippen LogP contribution in [0.4, 0.5) is 4.79 Å². The molecule has 6 nitrogen and oxygen atoms in total. The number of benzene rings is 1. The predicted molar refractivity (Wildman–Crippen MR) is 98.2 cm³/mol. The number of hydrogen-bond acceptors (Lipinski definition) is 6. The molecule has 0 aliphatic heterocycles. The van der Waals surface area contributed by atoms with E-state index in [0.29, 0.717) is 10.4 Å². The van der Waals surface area contributed by atoms with E-state index >= 15 is 0 Å². The van der Waals surface area contributed by atoms with Gasteiger partial charge in [0, 0.05) is 17.4 Å². The summed E-state index contributed by atoms with van der Waals surface area (Å²) in [5.41, 5.74) is -0.375. The molecular formula is C19H20NO5S. The van der Waals surface area contributed by atoms with Crippen LogP contribution in [0.3, 0.4) is 0 Å². The minimum atomic E-state index is -1.02. The molecule has 137 valence electrons. The third-order valence-corrected chi connectivity index (χ3v) is 4.04. The topological polar surface area (TPSA) is 81.7 Å². The van der Waals surface area contributed by atoms with Crippen LogP contribution < -0.4 is 10.1 Å². The van der Waals surface area contributed by atoms with Crippen LogP contribution in [0.15, 0.2) is 41.8 Å². The van der Waals surface area contributed by atoms with Crippen LogP contribution in [-0.2, 0) is 9.53 Å². The summed E-state index contributed by atoms with van der Waals surface area (Å²) in [6.45, 7) is 8.51. The van der Waals surface area contributed by atoms with Crippen LogP contribution >= 0.6 is 11.3 Å². The number of Topliss-reactive ketones (excluding diaryl/α,β-unsaturated/α-hetero) is 1. The number of carbonyl (C=O) groups is 3. The largest absolute Gasteiger partial charge is 0.444 e. The van der Waals surface area contributed by atoms with E-state index in [1.165, 1.54) is 17.4 Å². The van der Waals surface area contributed by atoms with Crippen molar-refractivity contribution in [2.45, 2.75) is 32.4 Å². The highest BCUT2D eigenvalue weighted by Crippen LogP contribution is 2.23. The number of ether oxygens (including phenoxy) is 2. The molecule has 0 aliphatic rings. The van der Waals surface area contributed by atoms with Crippen molar-refractivity contribution in [1.82, 2.24) is 5.32 Å². The minimum Gasteiger partial charge on any atom is -0.444 e. The van der Waals surface area contributed by atoms with Crippen LogP contribution in [0.1, 0.15) is 42.0 Å². The van der Waals surface area contributed by atoms with Crippen LogP contribution in [-0.4, -0.2) is 23.4 Å². The zero-order valence-electron chi connectivity index (χ0n) is 14.8. The van der Waals surface area contributed by atoms with Gasteiger partial charge in [0.05, 0.1) is 0 Å². The van der Waals surface area contributed by atoms with E-state index in [-0.39, 0.29) is 11.5 Å². The molecule has 0 saturated heterocycles. The van der Waals surface area contributed by atoms with E-state index in [4.69, 9.17) is 9.47 Å². The molecular weight excluding hydrogens is 354 g/mol. The summed E-state index contributed by atoms with van der Waals surface area (Å²) in [6, 6.07) is 8.58. The Morgan fingerprint density at radius 3 is 2.46 bits per heavy atom. The van der Waals surface area contributed by atoms with Crippen molar-refractivity contribution in [3.8, 4) is 5.75 Å². The lowest BCUT2D eigenvalue weighted by molar-refractivity contribution is -0.136. The van der Waals surface area contributed by atoms with Crippen molar-refractivity contribution in [2.24, 2.45) is 0 Å². The molecule has 0 bridgehead atoms. The van der Waals surface area contributed by atoms with Crippen molar-refractivity contribution >= 4 is 29.2 Å². The number of rotatable bonds is 5. The van der Waals surface area contributed by atoms with Crippen LogP contribution in [0.25, 0.3) is 0 Å². The van der Waals surface area contributed by atoms with E-state index < -0.39 is 23.7 Å². The number of amides is 1. The lowest BCUT2D eigenvalue weighted by Crippen LogP contribution is -2.39. The van der Waals surface area contributed by atoms with Gasteiger partial charge in [-0.1, -0.05) is 18.2 Å². The molecule has 1 N–H and O–H groups in total. The molecule has 1 unspecified atom stereocenters. The van der Waals surface area contributed by atoms with Gasteiger partial charge >= 0.3 is 12.1 Å². The Morgan fingerprint density at radius 2 is 1.88 bits per heavy atom. The van der Waals surface area contributed by atoms with Gasteiger partial charge in [-0.25, -0.2) is 9.59 Å². The normalized spacial score (nSPS) is 12.2. The SMILES string of the molecule is [CH2]C(=O)c1cccc(OC(=O)C(NC(=O)OC(C)(C)C)c2cccs2)c1. The van der Waals surface area contributed by atoms with Crippen molar-refractivity contribution in [3.05, 3.63) is 59.1 Å². The highest BCUT2D eigenvalue weighted by atomic mass is 32.1. The number of carbonyl (C=O) groups excluding carboxylic acids is 3. The molecule has 2 rings (SSSR count). The average molecular weight is 374 g/mol. The maximum Gasteiger partial charge on any atom is 0.408 e. The second-order valence-corrected chi connectivity index (χ2v) is 7.45. The smallest absolute Gasteiger partial charge is 0.408 e. The fourth-order valence-electron chi connectivity index (χ4n) is 2.04. The van der Waals surface area contributed by atoms with E-state index in [2.05, 4.69) is 12.2 Å². The standard InChI is InChI=1S/C19H20NO5S/c1-12(21)13-7-5-8-14(11-13)24-17(22)16(15-9-6-10-26-15)20-18(23)25-19(2,3)4/h5-11,16H,1H2,2-4H3,(H,20,23). The molecule has 1 aromatic carbocycles.